The molecule has 3 N–H and O–H groups in total. The molecular weight excluding hydrogens is 644 g/mol. The van der Waals surface area contributed by atoms with E-state index in [0.29, 0.717) is 30.0 Å². The lowest BCUT2D eigenvalue weighted by Crippen LogP contribution is -2.33. The maximum absolute atomic E-state index is 13.3. The van der Waals surface area contributed by atoms with Crippen LogP contribution in [0.15, 0.2) is 73.3 Å². The Hall–Kier alpha value is -4.55. The summed E-state index contributed by atoms with van der Waals surface area (Å²) in [5.74, 6) is -0.0733. The quantitative estimate of drug-likeness (QED) is 0.0869. The van der Waals surface area contributed by atoms with E-state index in [1.807, 2.05) is 36.5 Å². The van der Waals surface area contributed by atoms with Gasteiger partial charge in [0.15, 0.2) is 11.5 Å². The highest BCUT2D eigenvalue weighted by Crippen LogP contribution is 2.43. The van der Waals surface area contributed by atoms with Crippen LogP contribution in [0.1, 0.15) is 43.7 Å². The molecule has 5 aromatic rings. The first kappa shape index (κ1) is 34.3. The van der Waals surface area contributed by atoms with Crippen LogP contribution < -0.4 is 16.0 Å². The minimum absolute atomic E-state index is 0.233. The molecule has 1 aliphatic rings. The van der Waals surface area contributed by atoms with Crippen LogP contribution in [0, 0.1) is 5.92 Å². The second-order valence-corrected chi connectivity index (χ2v) is 14.0. The second-order valence-electron chi connectivity index (χ2n) is 12.2. The molecule has 0 aliphatic carbocycles. The number of carbonyl (C=O) groups is 1. The van der Waals surface area contributed by atoms with Crippen molar-refractivity contribution in [1.29, 1.82) is 0 Å². The summed E-state index contributed by atoms with van der Waals surface area (Å²) in [6.07, 6.45) is 5.64. The van der Waals surface area contributed by atoms with Crippen molar-refractivity contribution >= 4 is 48.4 Å². The predicted octanol–water partition coefficient (Wildman–Crippen LogP) is 7.14. The van der Waals surface area contributed by atoms with E-state index < -0.39 is 20.3 Å². The molecule has 6 rings (SSSR count). The fourth-order valence-corrected chi connectivity index (χ4v) is 7.24. The number of hydrogen-bond donors (Lipinski definition) is 3. The van der Waals surface area contributed by atoms with Gasteiger partial charge in [0.2, 0.25) is 11.9 Å². The molecule has 4 heterocycles. The molecule has 1 fully saturated rings. The molecule has 0 atom stereocenters. The molecule has 2 aromatic carbocycles. The molecule has 12 nitrogen and oxygen atoms in total. The number of benzene rings is 2. The van der Waals surface area contributed by atoms with Crippen molar-refractivity contribution in [3.8, 4) is 11.3 Å². The van der Waals surface area contributed by atoms with E-state index in [2.05, 4.69) is 52.2 Å². The standard InChI is InChI=1S/C35H41FN9O3P/c1-22(2)30-21-40-45-32(30)42-34(38-19-24-13-16-44(17-14-24)49(47-4)48-5)43-35(45)39-20-26-8-6-7-9-28(26)31-29-11-10-27(41-33(46)23(3)36)18-25(29)12-15-37-31/h6-12,15,18,21-22,24H,3,13-14,16-17,19-20H2,1-2,4-5H3,(H,41,46)(H2,38,39,42,43). The Morgan fingerprint density at radius 3 is 2.59 bits per heavy atom. The van der Waals surface area contributed by atoms with E-state index in [-0.39, 0.29) is 5.92 Å². The van der Waals surface area contributed by atoms with Gasteiger partial charge in [-0.25, -0.2) is 9.06 Å². The van der Waals surface area contributed by atoms with Gasteiger partial charge in [-0.3, -0.25) is 9.78 Å². The first-order valence-electron chi connectivity index (χ1n) is 16.2. The highest BCUT2D eigenvalue weighted by Gasteiger charge is 2.26. The Bertz CT molecular complexity index is 1960. The summed E-state index contributed by atoms with van der Waals surface area (Å²) in [7, 11) is 2.39. The third-order valence-corrected chi connectivity index (χ3v) is 10.2. The molecule has 256 valence electrons. The SMILES string of the molecule is C=C(F)C(=O)Nc1ccc2c(-c3ccccc3CNc3nc(NCC4CCN(P(OC)OC)CC4)nc4c(C(C)C)cnn34)nccc2c1. The molecule has 49 heavy (non-hydrogen) atoms. The van der Waals surface area contributed by atoms with Crippen molar-refractivity contribution in [3.63, 3.8) is 0 Å². The molecule has 1 aliphatic heterocycles. The topological polar surface area (TPSA) is 131 Å². The fourth-order valence-electron chi connectivity index (χ4n) is 6.07. The first-order chi connectivity index (χ1) is 23.7. The number of pyridine rings is 1. The molecule has 3 aromatic heterocycles. The van der Waals surface area contributed by atoms with Crippen LogP contribution in [-0.2, 0) is 20.4 Å². The third-order valence-electron chi connectivity index (χ3n) is 8.68. The molecule has 0 saturated carbocycles. The summed E-state index contributed by atoms with van der Waals surface area (Å²) >= 11 is 0. The summed E-state index contributed by atoms with van der Waals surface area (Å²) in [5.41, 5.74) is 5.01. The lowest BCUT2D eigenvalue weighted by molar-refractivity contribution is -0.114. The van der Waals surface area contributed by atoms with Gasteiger partial charge in [-0.05, 0) is 53.8 Å². The van der Waals surface area contributed by atoms with Crippen molar-refractivity contribution in [2.24, 2.45) is 5.92 Å². The number of anilines is 3. The smallest absolute Gasteiger partial charge is 0.283 e. The van der Waals surface area contributed by atoms with Crippen molar-refractivity contribution in [2.45, 2.75) is 39.2 Å². The zero-order valence-electron chi connectivity index (χ0n) is 28.1. The normalized spacial score (nSPS) is 14.2. The van der Waals surface area contributed by atoms with Crippen molar-refractivity contribution in [1.82, 2.24) is 29.2 Å². The maximum Gasteiger partial charge on any atom is 0.283 e. The van der Waals surface area contributed by atoms with Gasteiger partial charge in [0.1, 0.15) is 0 Å². The zero-order chi connectivity index (χ0) is 34.5. The van der Waals surface area contributed by atoms with Gasteiger partial charge in [-0.1, -0.05) is 50.8 Å². The second kappa shape index (κ2) is 15.3. The van der Waals surface area contributed by atoms with Crippen LogP contribution in [-0.4, -0.2) is 69.0 Å². The van der Waals surface area contributed by atoms with Crippen molar-refractivity contribution < 1.29 is 18.2 Å². The molecule has 0 radical (unpaired) electrons. The van der Waals surface area contributed by atoms with Gasteiger partial charge in [0.25, 0.3) is 14.4 Å². The Labute approximate surface area is 286 Å². The number of carbonyl (C=O) groups excluding carboxylic acids is 1. The highest BCUT2D eigenvalue weighted by atomic mass is 31.2. The van der Waals surface area contributed by atoms with Crippen molar-refractivity contribution in [2.75, 3.05) is 49.8 Å². The van der Waals surface area contributed by atoms with E-state index >= 15 is 0 Å². The van der Waals surface area contributed by atoms with Crippen LogP contribution in [0.25, 0.3) is 27.7 Å². The van der Waals surface area contributed by atoms with E-state index in [0.717, 1.165) is 71.3 Å². The average Bonchev–Trinajstić information content (AvgIpc) is 3.55. The number of amides is 1. The maximum atomic E-state index is 13.3. The zero-order valence-corrected chi connectivity index (χ0v) is 29.0. The number of aromatic nitrogens is 5. The number of nitrogens with one attached hydrogen (secondary N) is 3. The Morgan fingerprint density at radius 1 is 1.08 bits per heavy atom. The molecule has 0 unspecified atom stereocenters. The van der Waals surface area contributed by atoms with Gasteiger partial charge in [-0.2, -0.15) is 19.6 Å². The van der Waals surface area contributed by atoms with Crippen molar-refractivity contribution in [3.05, 3.63) is 84.5 Å². The minimum atomic E-state index is -1.04. The van der Waals surface area contributed by atoms with Crippen LogP contribution in [0.2, 0.25) is 0 Å². The molecule has 0 spiro atoms. The molecule has 14 heteroatoms. The molecule has 0 bridgehead atoms. The van der Waals surface area contributed by atoms with E-state index in [1.165, 1.54) is 0 Å². The Balaban J connectivity index is 1.23. The number of nitrogens with zero attached hydrogens (tertiary/aromatic N) is 6. The predicted molar refractivity (Wildman–Crippen MR) is 192 cm³/mol. The number of fused-ring (bicyclic) bond motifs is 2. The van der Waals surface area contributed by atoms with Gasteiger partial charge in [-0.15, -0.1) is 0 Å². The van der Waals surface area contributed by atoms with Gasteiger partial charge in [0, 0.05) is 68.8 Å². The summed E-state index contributed by atoms with van der Waals surface area (Å²) in [4.78, 5) is 26.3. The number of halogens is 1. The lowest BCUT2D eigenvalue weighted by Gasteiger charge is -2.34. The van der Waals surface area contributed by atoms with Crippen LogP contribution in [0.5, 0.6) is 0 Å². The summed E-state index contributed by atoms with van der Waals surface area (Å²) < 4.78 is 28.3. The third kappa shape index (κ3) is 7.70. The average molecular weight is 686 g/mol. The van der Waals surface area contributed by atoms with E-state index in [9.17, 15) is 9.18 Å². The largest absolute Gasteiger partial charge is 0.354 e. The van der Waals surface area contributed by atoms with Crippen LogP contribution in [0.3, 0.4) is 0 Å². The van der Waals surface area contributed by atoms with Gasteiger partial charge < -0.3 is 25.0 Å². The van der Waals surface area contributed by atoms with Gasteiger partial charge >= 0.3 is 0 Å². The molecular formula is C35H41FN9O3P. The van der Waals surface area contributed by atoms with Crippen LogP contribution >= 0.6 is 8.53 Å². The summed E-state index contributed by atoms with van der Waals surface area (Å²) in [5, 5.41) is 16.0. The van der Waals surface area contributed by atoms with Gasteiger partial charge in [0.05, 0.1) is 11.9 Å². The highest BCUT2D eigenvalue weighted by molar-refractivity contribution is 7.44. The fraction of sp³-hybridized carbons (Fsp3) is 0.343. The number of hydrogen-bond acceptors (Lipinski definition) is 10. The van der Waals surface area contributed by atoms with E-state index in [4.69, 9.17) is 24.0 Å². The molecule has 1 amide bonds. The first-order valence-corrected chi connectivity index (χ1v) is 17.4. The monoisotopic (exact) mass is 685 g/mol. The van der Waals surface area contributed by atoms with E-state index in [1.54, 1.807) is 37.1 Å². The molecule has 1 saturated heterocycles. The summed E-state index contributed by atoms with van der Waals surface area (Å²) in [6.45, 7) is 10.4. The summed E-state index contributed by atoms with van der Waals surface area (Å²) in [6, 6.07) is 15.3. The lowest BCUT2D eigenvalue weighted by atomic mass is 9.98. The number of piperidine rings is 1. The Kier molecular flexibility index (Phi) is 10.7. The van der Waals surface area contributed by atoms with Crippen LogP contribution in [0.4, 0.5) is 22.0 Å². The minimum Gasteiger partial charge on any atom is -0.354 e. The Morgan fingerprint density at radius 2 is 1.86 bits per heavy atom. The number of rotatable bonds is 13.